The largest absolute Gasteiger partial charge is 0.392 e. The van der Waals surface area contributed by atoms with Gasteiger partial charge in [-0.1, -0.05) is 29.9 Å². The molecule has 0 spiro atoms. The van der Waals surface area contributed by atoms with Gasteiger partial charge in [-0.05, 0) is 30.9 Å². The number of thiocarbonyl (C=S) groups is 1. The number of amides is 1. The first-order chi connectivity index (χ1) is 8.50. The average Bonchev–Trinajstić information content (AvgIpc) is 3.13. The lowest BCUT2D eigenvalue weighted by Crippen LogP contribution is -2.45. The molecule has 1 saturated carbocycles. The topological polar surface area (TPSA) is 55.1 Å². The van der Waals surface area contributed by atoms with Crippen molar-refractivity contribution in [2.75, 3.05) is 0 Å². The third-order valence-electron chi connectivity index (χ3n) is 2.88. The van der Waals surface area contributed by atoms with Crippen molar-refractivity contribution < 1.29 is 9.18 Å². The van der Waals surface area contributed by atoms with Crippen LogP contribution in [0.1, 0.15) is 23.2 Å². The van der Waals surface area contributed by atoms with Crippen LogP contribution in [0.15, 0.2) is 18.2 Å². The molecule has 1 aromatic carbocycles. The van der Waals surface area contributed by atoms with Gasteiger partial charge in [0.2, 0.25) is 0 Å². The molecule has 1 aromatic rings. The van der Waals surface area contributed by atoms with Gasteiger partial charge in [0.25, 0.3) is 5.91 Å². The molecule has 1 unspecified atom stereocenters. The second-order valence-electron chi connectivity index (χ2n) is 4.29. The van der Waals surface area contributed by atoms with Crippen molar-refractivity contribution in [2.45, 2.75) is 18.9 Å². The van der Waals surface area contributed by atoms with Crippen molar-refractivity contribution in [1.29, 1.82) is 0 Å². The predicted molar refractivity (Wildman–Crippen MR) is 72.2 cm³/mol. The van der Waals surface area contributed by atoms with E-state index in [2.05, 4.69) is 5.32 Å². The number of hydrogen-bond acceptors (Lipinski definition) is 2. The molecule has 1 atom stereocenters. The molecule has 18 heavy (non-hydrogen) atoms. The molecule has 1 aliphatic rings. The summed E-state index contributed by atoms with van der Waals surface area (Å²) in [6, 6.07) is 3.92. The molecule has 3 N–H and O–H groups in total. The molecule has 6 heteroatoms. The van der Waals surface area contributed by atoms with Crippen LogP contribution in [0.4, 0.5) is 4.39 Å². The molecule has 0 radical (unpaired) electrons. The maximum absolute atomic E-state index is 13.7. The molecule has 2 rings (SSSR count). The molecule has 0 aliphatic heterocycles. The van der Waals surface area contributed by atoms with Crippen LogP contribution in [-0.2, 0) is 0 Å². The van der Waals surface area contributed by atoms with Crippen LogP contribution in [0.5, 0.6) is 0 Å². The Bertz CT molecular complexity index is 505. The standard InChI is InChI=1S/C12H12ClFN2OS/c13-8-3-1-2-7(9(8)14)12(17)16-10(11(15)18)6-4-5-6/h1-3,6,10H,4-5H2,(H2,15,18)(H,16,17). The Kier molecular flexibility index (Phi) is 3.82. The van der Waals surface area contributed by atoms with Crippen LogP contribution >= 0.6 is 23.8 Å². The number of rotatable bonds is 4. The highest BCUT2D eigenvalue weighted by Crippen LogP contribution is 2.33. The van der Waals surface area contributed by atoms with Crippen molar-refractivity contribution in [2.24, 2.45) is 11.7 Å². The molecule has 1 amide bonds. The maximum Gasteiger partial charge on any atom is 0.254 e. The summed E-state index contributed by atoms with van der Waals surface area (Å²) in [5, 5.41) is 2.58. The minimum Gasteiger partial charge on any atom is -0.392 e. The van der Waals surface area contributed by atoms with E-state index in [4.69, 9.17) is 29.6 Å². The van der Waals surface area contributed by atoms with E-state index >= 15 is 0 Å². The van der Waals surface area contributed by atoms with Gasteiger partial charge in [-0.3, -0.25) is 4.79 Å². The number of hydrogen-bond donors (Lipinski definition) is 2. The van der Waals surface area contributed by atoms with Crippen LogP contribution in [0.25, 0.3) is 0 Å². The third kappa shape index (κ3) is 2.79. The van der Waals surface area contributed by atoms with E-state index in [0.717, 1.165) is 12.8 Å². The number of nitrogens with one attached hydrogen (secondary N) is 1. The van der Waals surface area contributed by atoms with E-state index < -0.39 is 11.7 Å². The molecule has 96 valence electrons. The highest BCUT2D eigenvalue weighted by Gasteiger charge is 2.34. The molecular weight excluding hydrogens is 275 g/mol. The Hall–Kier alpha value is -1.20. The number of halogens is 2. The fourth-order valence-corrected chi connectivity index (χ4v) is 2.17. The summed E-state index contributed by atoms with van der Waals surface area (Å²) in [4.78, 5) is 12.2. The van der Waals surface area contributed by atoms with E-state index in [0.29, 0.717) is 0 Å². The molecule has 1 fully saturated rings. The minimum atomic E-state index is -0.728. The van der Waals surface area contributed by atoms with Crippen molar-refractivity contribution in [3.05, 3.63) is 34.6 Å². The number of nitrogens with two attached hydrogens (primary N) is 1. The molecule has 0 heterocycles. The highest BCUT2D eigenvalue weighted by molar-refractivity contribution is 7.80. The fraction of sp³-hybridized carbons (Fsp3) is 0.333. The van der Waals surface area contributed by atoms with Gasteiger partial charge < -0.3 is 11.1 Å². The van der Waals surface area contributed by atoms with Crippen molar-refractivity contribution in [1.82, 2.24) is 5.32 Å². The van der Waals surface area contributed by atoms with Crippen LogP contribution in [-0.4, -0.2) is 16.9 Å². The number of benzene rings is 1. The quantitative estimate of drug-likeness (QED) is 0.835. The van der Waals surface area contributed by atoms with Gasteiger partial charge in [0.15, 0.2) is 5.82 Å². The first-order valence-electron chi connectivity index (χ1n) is 5.55. The van der Waals surface area contributed by atoms with Crippen molar-refractivity contribution in [3.8, 4) is 0 Å². The Morgan fingerprint density at radius 2 is 2.22 bits per heavy atom. The SMILES string of the molecule is NC(=S)C(NC(=O)c1cccc(Cl)c1F)C1CC1. The Morgan fingerprint density at radius 3 is 2.78 bits per heavy atom. The molecule has 1 aliphatic carbocycles. The van der Waals surface area contributed by atoms with Gasteiger partial charge in [-0.15, -0.1) is 0 Å². The third-order valence-corrected chi connectivity index (χ3v) is 3.43. The summed E-state index contributed by atoms with van der Waals surface area (Å²) in [5.41, 5.74) is 5.48. The van der Waals surface area contributed by atoms with Gasteiger partial charge in [-0.2, -0.15) is 0 Å². The van der Waals surface area contributed by atoms with E-state index in [1.807, 2.05) is 0 Å². The summed E-state index contributed by atoms with van der Waals surface area (Å²) in [6.45, 7) is 0. The zero-order chi connectivity index (χ0) is 13.3. The molecule has 0 bridgehead atoms. The monoisotopic (exact) mass is 286 g/mol. The maximum atomic E-state index is 13.7. The van der Waals surface area contributed by atoms with Gasteiger partial charge in [0.05, 0.1) is 21.6 Å². The summed E-state index contributed by atoms with van der Waals surface area (Å²) in [5.74, 6) is -0.998. The molecular formula is C12H12ClFN2OS. The molecule has 3 nitrogen and oxygen atoms in total. The Morgan fingerprint density at radius 1 is 1.56 bits per heavy atom. The summed E-state index contributed by atoms with van der Waals surface area (Å²) >= 11 is 10.5. The predicted octanol–water partition coefficient (Wildman–Crippen LogP) is 2.27. The zero-order valence-corrected chi connectivity index (χ0v) is 11.0. The van der Waals surface area contributed by atoms with E-state index in [-0.39, 0.29) is 27.5 Å². The zero-order valence-electron chi connectivity index (χ0n) is 9.45. The fourth-order valence-electron chi connectivity index (χ4n) is 1.75. The first-order valence-corrected chi connectivity index (χ1v) is 6.33. The van der Waals surface area contributed by atoms with Crippen molar-refractivity contribution in [3.63, 3.8) is 0 Å². The van der Waals surface area contributed by atoms with E-state index in [1.54, 1.807) is 0 Å². The van der Waals surface area contributed by atoms with E-state index in [1.165, 1.54) is 18.2 Å². The highest BCUT2D eigenvalue weighted by atomic mass is 35.5. The van der Waals surface area contributed by atoms with Gasteiger partial charge >= 0.3 is 0 Å². The van der Waals surface area contributed by atoms with Crippen LogP contribution < -0.4 is 11.1 Å². The summed E-state index contributed by atoms with van der Waals surface area (Å²) in [6.07, 6.45) is 1.95. The lowest BCUT2D eigenvalue weighted by atomic mass is 10.1. The first kappa shape index (κ1) is 13.2. The van der Waals surface area contributed by atoms with Crippen molar-refractivity contribution >= 4 is 34.7 Å². The Balaban J connectivity index is 2.16. The van der Waals surface area contributed by atoms with Crippen LogP contribution in [0.3, 0.4) is 0 Å². The molecule has 0 saturated heterocycles. The summed E-state index contributed by atoms with van der Waals surface area (Å²) in [7, 11) is 0. The lowest BCUT2D eigenvalue weighted by Gasteiger charge is -2.17. The number of carbonyl (C=O) groups is 1. The van der Waals surface area contributed by atoms with Gasteiger partial charge in [0, 0.05) is 0 Å². The van der Waals surface area contributed by atoms with Crippen LogP contribution in [0, 0.1) is 11.7 Å². The van der Waals surface area contributed by atoms with Gasteiger partial charge in [-0.25, -0.2) is 4.39 Å². The smallest absolute Gasteiger partial charge is 0.254 e. The Labute approximate surface area is 114 Å². The normalized spacial score (nSPS) is 16.1. The summed E-state index contributed by atoms with van der Waals surface area (Å²) < 4.78 is 13.7. The molecule has 0 aromatic heterocycles. The number of carbonyl (C=O) groups excluding carboxylic acids is 1. The van der Waals surface area contributed by atoms with E-state index in [9.17, 15) is 9.18 Å². The lowest BCUT2D eigenvalue weighted by molar-refractivity contribution is 0.0940. The second kappa shape index (κ2) is 5.20. The van der Waals surface area contributed by atoms with Gasteiger partial charge in [0.1, 0.15) is 0 Å². The average molecular weight is 287 g/mol. The second-order valence-corrected chi connectivity index (χ2v) is 5.17. The van der Waals surface area contributed by atoms with Crippen LogP contribution in [0.2, 0.25) is 5.02 Å². The minimum absolute atomic E-state index is 0.0825.